The zero-order valence-electron chi connectivity index (χ0n) is 16.5. The van der Waals surface area contributed by atoms with Gasteiger partial charge in [-0.15, -0.1) is 0 Å². The van der Waals surface area contributed by atoms with Crippen molar-refractivity contribution in [1.29, 1.82) is 0 Å². The zero-order valence-corrected chi connectivity index (χ0v) is 17.3. The largest absolute Gasteiger partial charge is 0.465 e. The predicted molar refractivity (Wildman–Crippen MR) is 105 cm³/mol. The topological polar surface area (TPSA) is 93.2 Å². The number of sulfonamides is 1. The standard InChI is InChI=1S/C18H25F3N4O4S/c1-30(28,29)22-15-4-5-25(12-15)16-10-14(18(19,20)21)3-2-13(16)11-23-6-8-24(9-7-23)17(26)27/h2-3,10,15,22H,4-9,11-12H2,1H3,(H,26,27)/t15-/m0/s1. The Hall–Kier alpha value is -2.05. The molecule has 0 unspecified atom stereocenters. The van der Waals surface area contributed by atoms with E-state index in [4.69, 9.17) is 5.11 Å². The summed E-state index contributed by atoms with van der Waals surface area (Å²) in [5, 5.41) is 9.06. The molecule has 1 aromatic rings. The third-order valence-corrected chi connectivity index (χ3v) is 6.12. The lowest BCUT2D eigenvalue weighted by Gasteiger charge is -2.34. The fourth-order valence-electron chi connectivity index (χ4n) is 3.88. The zero-order chi connectivity index (χ0) is 22.1. The molecular weight excluding hydrogens is 425 g/mol. The van der Waals surface area contributed by atoms with Crippen molar-refractivity contribution in [2.75, 3.05) is 50.4 Å². The Balaban J connectivity index is 1.79. The first kappa shape index (κ1) is 22.6. The van der Waals surface area contributed by atoms with Gasteiger partial charge in [-0.3, -0.25) is 4.90 Å². The van der Waals surface area contributed by atoms with Gasteiger partial charge in [0.15, 0.2) is 0 Å². The molecule has 0 spiro atoms. The maximum atomic E-state index is 13.3. The Morgan fingerprint density at radius 2 is 1.87 bits per heavy atom. The van der Waals surface area contributed by atoms with E-state index in [-0.39, 0.29) is 12.6 Å². The number of nitrogens with one attached hydrogen (secondary N) is 1. The molecule has 2 heterocycles. The van der Waals surface area contributed by atoms with E-state index in [1.54, 1.807) is 4.90 Å². The number of rotatable bonds is 5. The normalized spacial score (nSPS) is 21.3. The molecule has 30 heavy (non-hydrogen) atoms. The van der Waals surface area contributed by atoms with Gasteiger partial charge in [-0.2, -0.15) is 13.2 Å². The van der Waals surface area contributed by atoms with Crippen molar-refractivity contribution in [2.24, 2.45) is 0 Å². The van der Waals surface area contributed by atoms with Crippen molar-refractivity contribution in [1.82, 2.24) is 14.5 Å². The van der Waals surface area contributed by atoms with Crippen molar-refractivity contribution in [2.45, 2.75) is 25.2 Å². The first-order valence-electron chi connectivity index (χ1n) is 9.55. The summed E-state index contributed by atoms with van der Waals surface area (Å²) in [4.78, 5) is 16.2. The van der Waals surface area contributed by atoms with Gasteiger partial charge in [-0.05, 0) is 24.1 Å². The predicted octanol–water partition coefficient (Wildman–Crippen LogP) is 1.63. The van der Waals surface area contributed by atoms with Gasteiger partial charge in [-0.1, -0.05) is 6.07 Å². The first-order valence-corrected chi connectivity index (χ1v) is 11.4. The highest BCUT2D eigenvalue weighted by molar-refractivity contribution is 7.88. The lowest BCUT2D eigenvalue weighted by Crippen LogP contribution is -2.47. The lowest BCUT2D eigenvalue weighted by atomic mass is 10.1. The van der Waals surface area contributed by atoms with Gasteiger partial charge in [0.1, 0.15) is 0 Å². The van der Waals surface area contributed by atoms with Crippen LogP contribution < -0.4 is 9.62 Å². The van der Waals surface area contributed by atoms with Crippen LogP contribution in [0.2, 0.25) is 0 Å². The van der Waals surface area contributed by atoms with E-state index in [9.17, 15) is 26.4 Å². The number of benzene rings is 1. The van der Waals surface area contributed by atoms with Gasteiger partial charge in [0.25, 0.3) is 0 Å². The Morgan fingerprint density at radius 1 is 1.20 bits per heavy atom. The summed E-state index contributed by atoms with van der Waals surface area (Å²) in [6.45, 7) is 2.78. The molecule has 0 radical (unpaired) electrons. The Labute approximate surface area is 173 Å². The van der Waals surface area contributed by atoms with Crippen molar-refractivity contribution >= 4 is 21.8 Å². The SMILES string of the molecule is CS(=O)(=O)N[C@H]1CCN(c2cc(C(F)(F)F)ccc2CN2CCN(C(=O)O)CC2)C1. The number of alkyl halides is 3. The first-order chi connectivity index (χ1) is 13.9. The molecule has 8 nitrogen and oxygen atoms in total. The molecule has 12 heteroatoms. The molecule has 2 aliphatic heterocycles. The number of nitrogens with zero attached hydrogens (tertiary/aromatic N) is 3. The van der Waals surface area contributed by atoms with Gasteiger partial charge in [0.2, 0.25) is 10.0 Å². The van der Waals surface area contributed by atoms with Crippen molar-refractivity contribution in [3.63, 3.8) is 0 Å². The van der Waals surface area contributed by atoms with Crippen LogP contribution in [-0.2, 0) is 22.7 Å². The summed E-state index contributed by atoms with van der Waals surface area (Å²) < 4.78 is 65.3. The summed E-state index contributed by atoms with van der Waals surface area (Å²) in [6, 6.07) is 3.26. The van der Waals surface area contributed by atoms with Gasteiger partial charge in [0, 0.05) is 57.5 Å². The fraction of sp³-hybridized carbons (Fsp3) is 0.611. The molecule has 2 N–H and O–H groups in total. The number of carbonyl (C=O) groups is 1. The molecule has 1 aromatic carbocycles. The van der Waals surface area contributed by atoms with Crippen molar-refractivity contribution < 1.29 is 31.5 Å². The number of amides is 1. The summed E-state index contributed by atoms with van der Waals surface area (Å²) in [7, 11) is -3.41. The van der Waals surface area contributed by atoms with Gasteiger partial charge in [0.05, 0.1) is 11.8 Å². The minimum absolute atomic E-state index is 0.286. The average Bonchev–Trinajstić information content (AvgIpc) is 3.08. The number of anilines is 1. The third kappa shape index (κ3) is 5.76. The van der Waals surface area contributed by atoms with Crippen LogP contribution in [0, 0.1) is 0 Å². The smallest absolute Gasteiger partial charge is 0.416 e. The highest BCUT2D eigenvalue weighted by Gasteiger charge is 2.33. The molecule has 0 aliphatic carbocycles. The summed E-state index contributed by atoms with van der Waals surface area (Å²) in [5.41, 5.74) is 0.381. The highest BCUT2D eigenvalue weighted by atomic mass is 32.2. The number of piperazine rings is 1. The molecule has 2 fully saturated rings. The summed E-state index contributed by atoms with van der Waals surface area (Å²) in [6.07, 6.45) is -3.90. The molecular formula is C18H25F3N4O4S. The molecule has 2 aliphatic rings. The second-order valence-electron chi connectivity index (χ2n) is 7.71. The van der Waals surface area contributed by atoms with Crippen molar-refractivity contribution in [3.8, 4) is 0 Å². The quantitative estimate of drug-likeness (QED) is 0.709. The Morgan fingerprint density at radius 3 is 2.43 bits per heavy atom. The van der Waals surface area contributed by atoms with E-state index in [1.165, 1.54) is 11.0 Å². The van der Waals surface area contributed by atoms with Crippen LogP contribution in [-0.4, -0.2) is 81.0 Å². The number of hydrogen-bond acceptors (Lipinski definition) is 5. The monoisotopic (exact) mass is 450 g/mol. The second kappa shape index (κ2) is 8.60. The third-order valence-electron chi connectivity index (χ3n) is 5.36. The second-order valence-corrected chi connectivity index (χ2v) is 9.49. The summed E-state index contributed by atoms with van der Waals surface area (Å²) in [5.74, 6) is 0. The molecule has 2 saturated heterocycles. The van der Waals surface area contributed by atoms with Crippen LogP contribution >= 0.6 is 0 Å². The van der Waals surface area contributed by atoms with Crippen LogP contribution in [0.15, 0.2) is 18.2 Å². The number of halogens is 3. The van der Waals surface area contributed by atoms with E-state index in [0.717, 1.165) is 18.4 Å². The highest BCUT2D eigenvalue weighted by Crippen LogP contribution is 2.35. The maximum Gasteiger partial charge on any atom is 0.416 e. The Kier molecular flexibility index (Phi) is 6.48. The maximum absolute atomic E-state index is 13.3. The minimum atomic E-state index is -4.48. The van der Waals surface area contributed by atoms with Crippen LogP contribution in [0.3, 0.4) is 0 Å². The molecule has 0 bridgehead atoms. The fourth-order valence-corrected chi connectivity index (χ4v) is 4.68. The van der Waals surface area contributed by atoms with E-state index < -0.39 is 27.9 Å². The molecule has 1 atom stereocenters. The molecule has 1 amide bonds. The minimum Gasteiger partial charge on any atom is -0.465 e. The van der Waals surface area contributed by atoms with Gasteiger partial charge < -0.3 is 14.9 Å². The summed E-state index contributed by atoms with van der Waals surface area (Å²) >= 11 is 0. The van der Waals surface area contributed by atoms with E-state index in [2.05, 4.69) is 4.72 Å². The van der Waals surface area contributed by atoms with Gasteiger partial charge in [-0.25, -0.2) is 17.9 Å². The average molecular weight is 450 g/mol. The number of carboxylic acid groups (broad SMARTS) is 1. The van der Waals surface area contributed by atoms with Crippen LogP contribution in [0.25, 0.3) is 0 Å². The number of hydrogen-bond donors (Lipinski definition) is 2. The van der Waals surface area contributed by atoms with Crippen molar-refractivity contribution in [3.05, 3.63) is 29.3 Å². The van der Waals surface area contributed by atoms with Gasteiger partial charge >= 0.3 is 12.3 Å². The van der Waals surface area contributed by atoms with E-state index >= 15 is 0 Å². The van der Waals surface area contributed by atoms with E-state index in [1.807, 2.05) is 4.90 Å². The molecule has 0 saturated carbocycles. The molecule has 0 aromatic heterocycles. The van der Waals surface area contributed by atoms with Crippen LogP contribution in [0.5, 0.6) is 0 Å². The van der Waals surface area contributed by atoms with E-state index in [0.29, 0.717) is 56.9 Å². The van der Waals surface area contributed by atoms with Crippen LogP contribution in [0.4, 0.5) is 23.7 Å². The van der Waals surface area contributed by atoms with Crippen LogP contribution in [0.1, 0.15) is 17.5 Å². The molecule has 168 valence electrons. The lowest BCUT2D eigenvalue weighted by molar-refractivity contribution is -0.137. The Bertz CT molecular complexity index is 886. The molecule has 3 rings (SSSR count).